The number of fused-ring (bicyclic) bond motifs is 3. The van der Waals surface area contributed by atoms with Gasteiger partial charge in [-0.25, -0.2) is 0 Å². The molecule has 2 aliphatic rings. The van der Waals surface area contributed by atoms with Crippen molar-refractivity contribution in [2.75, 3.05) is 14.2 Å². The lowest BCUT2D eigenvalue weighted by atomic mass is 9.83. The Morgan fingerprint density at radius 3 is 1.93 bits per heavy atom. The van der Waals surface area contributed by atoms with Gasteiger partial charge in [0.1, 0.15) is 17.2 Å². The number of benzene rings is 3. The Bertz CT molecular complexity index is 1170. The van der Waals surface area contributed by atoms with Crippen molar-refractivity contribution in [1.29, 1.82) is 0 Å². The minimum absolute atomic E-state index is 0.730. The first-order valence-corrected chi connectivity index (χ1v) is 10.2. The van der Waals surface area contributed by atoms with Gasteiger partial charge in [-0.05, 0) is 48.4 Å². The molecular formula is C27H24O3. The lowest BCUT2D eigenvalue weighted by molar-refractivity contribution is 0.159. The quantitative estimate of drug-likeness (QED) is 0.654. The maximum atomic E-state index is 6.92. The van der Waals surface area contributed by atoms with Crippen LogP contribution in [-0.4, -0.2) is 14.2 Å². The van der Waals surface area contributed by atoms with E-state index in [1.807, 2.05) is 24.3 Å². The highest BCUT2D eigenvalue weighted by atomic mass is 16.5. The summed E-state index contributed by atoms with van der Waals surface area (Å²) < 4.78 is 17.7. The summed E-state index contributed by atoms with van der Waals surface area (Å²) in [4.78, 5) is 0. The van der Waals surface area contributed by atoms with Crippen molar-refractivity contribution in [3.8, 4) is 17.2 Å². The van der Waals surface area contributed by atoms with Crippen LogP contribution in [0.1, 0.15) is 29.5 Å². The fraction of sp³-hybridized carbons (Fsp3) is 0.185. The minimum Gasteiger partial charge on any atom is -0.497 e. The summed E-state index contributed by atoms with van der Waals surface area (Å²) >= 11 is 0. The number of hydrogen-bond donors (Lipinski definition) is 0. The standard InChI is InChI=1S/C27H24O3/c1-28-23-13-9-21(10-14-23)27(22-11-15-24(29-2)16-12-22)18-17-20-8-7-19-5-3-4-6-25(19)26(20)30-27/h5-18H,3-4H2,1-2H3. The average molecular weight is 396 g/mol. The van der Waals surface area contributed by atoms with Crippen molar-refractivity contribution in [2.24, 2.45) is 0 Å². The van der Waals surface area contributed by atoms with Gasteiger partial charge in [0, 0.05) is 21.9 Å². The summed E-state index contributed by atoms with van der Waals surface area (Å²) in [5, 5.41) is 2.43. The zero-order valence-corrected chi connectivity index (χ0v) is 17.2. The summed E-state index contributed by atoms with van der Waals surface area (Å²) in [6.07, 6.45) is 11.0. The summed E-state index contributed by atoms with van der Waals surface area (Å²) in [6, 6.07) is 20.5. The zero-order chi connectivity index (χ0) is 20.6. The number of rotatable bonds is 4. The molecule has 0 fully saturated rings. The maximum Gasteiger partial charge on any atom is 0.178 e. The molecule has 0 saturated carbocycles. The van der Waals surface area contributed by atoms with Crippen LogP contribution in [-0.2, 0) is 5.60 Å². The Labute approximate surface area is 176 Å². The van der Waals surface area contributed by atoms with Gasteiger partial charge >= 0.3 is 0 Å². The van der Waals surface area contributed by atoms with Gasteiger partial charge < -0.3 is 14.2 Å². The van der Waals surface area contributed by atoms with Gasteiger partial charge in [-0.15, -0.1) is 0 Å². The van der Waals surface area contributed by atoms with Crippen LogP contribution in [0.5, 0.6) is 17.2 Å². The molecule has 30 heavy (non-hydrogen) atoms. The predicted octanol–water partition coefficient (Wildman–Crippen LogP) is 4.41. The third kappa shape index (κ3) is 2.98. The molecular weight excluding hydrogens is 372 g/mol. The van der Waals surface area contributed by atoms with Crippen LogP contribution in [0.15, 0.2) is 66.7 Å². The van der Waals surface area contributed by atoms with Gasteiger partial charge in [-0.1, -0.05) is 54.6 Å². The van der Waals surface area contributed by atoms with Crippen LogP contribution in [0.3, 0.4) is 0 Å². The monoisotopic (exact) mass is 396 g/mol. The van der Waals surface area contributed by atoms with Crippen LogP contribution in [0.2, 0.25) is 0 Å². The van der Waals surface area contributed by atoms with Crippen LogP contribution in [0, 0.1) is 0 Å². The normalized spacial score (nSPS) is 15.7. The second kappa shape index (κ2) is 7.42. The number of ether oxygens (including phenoxy) is 3. The molecule has 150 valence electrons. The second-order valence-corrected chi connectivity index (χ2v) is 7.60. The molecule has 0 atom stereocenters. The van der Waals surface area contributed by atoms with Gasteiger partial charge in [0.05, 0.1) is 14.2 Å². The molecule has 3 aromatic rings. The van der Waals surface area contributed by atoms with Crippen molar-refractivity contribution < 1.29 is 14.2 Å². The lowest BCUT2D eigenvalue weighted by Gasteiger charge is -2.36. The van der Waals surface area contributed by atoms with Gasteiger partial charge in [0.15, 0.2) is 5.60 Å². The summed E-state index contributed by atoms with van der Waals surface area (Å²) in [6.45, 7) is 0. The Balaban J connectivity index is 1.72. The fourth-order valence-corrected chi connectivity index (χ4v) is 4.29. The average Bonchev–Trinajstić information content (AvgIpc) is 2.83. The van der Waals surface area contributed by atoms with E-state index < -0.39 is 5.60 Å². The fourth-order valence-electron chi connectivity index (χ4n) is 4.29. The second-order valence-electron chi connectivity index (χ2n) is 7.60. The third-order valence-electron chi connectivity index (χ3n) is 5.94. The smallest absolute Gasteiger partial charge is 0.178 e. The van der Waals surface area contributed by atoms with Crippen molar-refractivity contribution in [3.05, 3.63) is 93.9 Å². The van der Waals surface area contributed by atoms with Crippen molar-refractivity contribution in [3.63, 3.8) is 0 Å². The SMILES string of the molecule is COc1ccc(C2(c3ccc(OC)cc3)C=Cc3ccc4c(c3O2)=CCCC=4)cc1. The summed E-state index contributed by atoms with van der Waals surface area (Å²) in [5.74, 6) is 2.59. The molecule has 0 aromatic heterocycles. The molecule has 0 saturated heterocycles. The Hall–Kier alpha value is -3.46. The summed E-state index contributed by atoms with van der Waals surface area (Å²) in [5.41, 5.74) is 2.48. The molecule has 1 heterocycles. The Kier molecular flexibility index (Phi) is 4.59. The van der Waals surface area contributed by atoms with E-state index in [0.29, 0.717) is 0 Å². The molecule has 3 aromatic carbocycles. The van der Waals surface area contributed by atoms with E-state index in [-0.39, 0.29) is 0 Å². The van der Waals surface area contributed by atoms with Crippen LogP contribution in [0.4, 0.5) is 0 Å². The van der Waals surface area contributed by atoms with Gasteiger partial charge in [-0.2, -0.15) is 0 Å². The van der Waals surface area contributed by atoms with Crippen molar-refractivity contribution in [2.45, 2.75) is 18.4 Å². The van der Waals surface area contributed by atoms with E-state index in [9.17, 15) is 0 Å². The largest absolute Gasteiger partial charge is 0.497 e. The highest BCUT2D eigenvalue weighted by Crippen LogP contribution is 2.41. The van der Waals surface area contributed by atoms with Crippen LogP contribution in [0.25, 0.3) is 18.2 Å². The number of methoxy groups -OCH3 is 2. The van der Waals surface area contributed by atoms with E-state index in [1.165, 1.54) is 10.4 Å². The molecule has 0 radical (unpaired) electrons. The maximum absolute atomic E-state index is 6.92. The van der Waals surface area contributed by atoms with Crippen LogP contribution >= 0.6 is 0 Å². The van der Waals surface area contributed by atoms with E-state index in [4.69, 9.17) is 14.2 Å². The van der Waals surface area contributed by atoms with E-state index in [2.05, 4.69) is 60.7 Å². The number of hydrogen-bond acceptors (Lipinski definition) is 3. The molecule has 5 rings (SSSR count). The van der Waals surface area contributed by atoms with Gasteiger partial charge in [0.25, 0.3) is 0 Å². The zero-order valence-electron chi connectivity index (χ0n) is 17.2. The molecule has 0 N–H and O–H groups in total. The van der Waals surface area contributed by atoms with Crippen LogP contribution < -0.4 is 24.6 Å². The van der Waals surface area contributed by atoms with Gasteiger partial charge in [0.2, 0.25) is 0 Å². The van der Waals surface area contributed by atoms with Crippen molar-refractivity contribution in [1.82, 2.24) is 0 Å². The first-order chi connectivity index (χ1) is 14.7. The first kappa shape index (κ1) is 18.6. The molecule has 1 aliphatic heterocycles. The minimum atomic E-state index is -0.730. The molecule has 3 heteroatoms. The van der Waals surface area contributed by atoms with E-state index in [0.717, 1.165) is 46.8 Å². The molecule has 0 spiro atoms. The van der Waals surface area contributed by atoms with Crippen molar-refractivity contribution >= 4 is 18.2 Å². The summed E-state index contributed by atoms with van der Waals surface area (Å²) in [7, 11) is 3.36. The molecule has 0 amide bonds. The van der Waals surface area contributed by atoms with E-state index in [1.54, 1.807) is 14.2 Å². The molecule has 0 unspecified atom stereocenters. The van der Waals surface area contributed by atoms with E-state index >= 15 is 0 Å². The molecule has 1 aliphatic carbocycles. The predicted molar refractivity (Wildman–Crippen MR) is 120 cm³/mol. The molecule has 3 nitrogen and oxygen atoms in total. The Morgan fingerprint density at radius 1 is 0.733 bits per heavy atom. The lowest BCUT2D eigenvalue weighted by Crippen LogP contribution is -2.39. The third-order valence-corrected chi connectivity index (χ3v) is 5.94. The highest BCUT2D eigenvalue weighted by Gasteiger charge is 2.37. The van der Waals surface area contributed by atoms with Gasteiger partial charge in [-0.3, -0.25) is 0 Å². The molecule has 0 bridgehead atoms. The Morgan fingerprint density at radius 2 is 1.33 bits per heavy atom. The topological polar surface area (TPSA) is 27.7 Å². The highest BCUT2D eigenvalue weighted by molar-refractivity contribution is 5.66. The first-order valence-electron chi connectivity index (χ1n) is 10.2.